The summed E-state index contributed by atoms with van der Waals surface area (Å²) in [7, 11) is 0. The monoisotopic (exact) mass is 562 g/mol. The SMILES string of the molecule is CCN1CCN(c2ccc(NC(=S)NC(=O)/C=C/c3ccc(-c4cc(Cl)cc(Cl)c4)o3)cc2Cl)CC1. The first kappa shape index (κ1) is 26.5. The predicted molar refractivity (Wildman–Crippen MR) is 153 cm³/mol. The van der Waals surface area contributed by atoms with Crippen LogP contribution in [0.3, 0.4) is 0 Å². The number of likely N-dealkylation sites (N-methyl/N-ethyl adjacent to an activating group) is 1. The first-order valence-electron chi connectivity index (χ1n) is 11.4. The predicted octanol–water partition coefficient (Wildman–Crippen LogP) is 6.58. The van der Waals surface area contributed by atoms with Crippen molar-refractivity contribution in [3.8, 4) is 11.3 Å². The van der Waals surface area contributed by atoms with Gasteiger partial charge < -0.3 is 19.5 Å². The smallest absolute Gasteiger partial charge is 0.250 e. The Morgan fingerprint density at radius 2 is 1.75 bits per heavy atom. The number of thiocarbonyl (C=S) groups is 1. The maximum Gasteiger partial charge on any atom is 0.250 e. The Balaban J connectivity index is 1.30. The lowest BCUT2D eigenvalue weighted by molar-refractivity contribution is -0.115. The van der Waals surface area contributed by atoms with Gasteiger partial charge in [-0.25, -0.2) is 0 Å². The third-order valence-electron chi connectivity index (χ3n) is 5.78. The van der Waals surface area contributed by atoms with Gasteiger partial charge in [0.15, 0.2) is 5.11 Å². The average Bonchev–Trinajstić information content (AvgIpc) is 3.32. The van der Waals surface area contributed by atoms with Gasteiger partial charge in [-0.05, 0) is 73.4 Å². The number of anilines is 2. The normalized spacial score (nSPS) is 14.3. The second-order valence-corrected chi connectivity index (χ2v) is 9.91. The lowest BCUT2D eigenvalue weighted by atomic mass is 10.2. The molecule has 3 aromatic rings. The lowest BCUT2D eigenvalue weighted by Gasteiger charge is -2.36. The van der Waals surface area contributed by atoms with Gasteiger partial charge in [0.25, 0.3) is 0 Å². The van der Waals surface area contributed by atoms with E-state index in [-0.39, 0.29) is 5.11 Å². The van der Waals surface area contributed by atoms with E-state index < -0.39 is 5.91 Å². The maximum absolute atomic E-state index is 12.3. The summed E-state index contributed by atoms with van der Waals surface area (Å²) in [4.78, 5) is 17.0. The molecule has 36 heavy (non-hydrogen) atoms. The highest BCUT2D eigenvalue weighted by Gasteiger charge is 2.18. The van der Waals surface area contributed by atoms with Gasteiger partial charge in [-0.3, -0.25) is 10.1 Å². The van der Waals surface area contributed by atoms with Gasteiger partial charge in [0.05, 0.1) is 10.7 Å². The zero-order valence-electron chi connectivity index (χ0n) is 19.6. The Hall–Kier alpha value is -2.55. The van der Waals surface area contributed by atoms with Crippen LogP contribution < -0.4 is 15.5 Å². The molecule has 4 rings (SSSR count). The van der Waals surface area contributed by atoms with Crippen LogP contribution >= 0.6 is 47.0 Å². The van der Waals surface area contributed by atoms with Gasteiger partial charge in [-0.2, -0.15) is 0 Å². The minimum Gasteiger partial charge on any atom is -0.457 e. The molecular formula is C26H25Cl3N4O2S. The second kappa shape index (κ2) is 12.1. The van der Waals surface area contributed by atoms with Crippen LogP contribution in [0.15, 0.2) is 59.0 Å². The van der Waals surface area contributed by atoms with E-state index in [0.717, 1.165) is 44.0 Å². The highest BCUT2D eigenvalue weighted by Crippen LogP contribution is 2.30. The number of furan rings is 1. The Bertz CT molecular complexity index is 1270. The van der Waals surface area contributed by atoms with Gasteiger partial charge in [0.2, 0.25) is 5.91 Å². The van der Waals surface area contributed by atoms with E-state index >= 15 is 0 Å². The van der Waals surface area contributed by atoms with Gasteiger partial charge in [0, 0.05) is 53.6 Å². The van der Waals surface area contributed by atoms with Crippen LogP contribution in [-0.2, 0) is 4.79 Å². The molecule has 1 aromatic heterocycles. The van der Waals surface area contributed by atoms with Crippen LogP contribution in [0.4, 0.5) is 11.4 Å². The van der Waals surface area contributed by atoms with Crippen molar-refractivity contribution in [3.05, 3.63) is 75.4 Å². The average molecular weight is 564 g/mol. The Morgan fingerprint density at radius 1 is 1.03 bits per heavy atom. The lowest BCUT2D eigenvalue weighted by Crippen LogP contribution is -2.46. The third-order valence-corrected chi connectivity index (χ3v) is 6.72. The molecule has 10 heteroatoms. The van der Waals surface area contributed by atoms with Gasteiger partial charge in [-0.15, -0.1) is 0 Å². The minimum atomic E-state index is -0.396. The van der Waals surface area contributed by atoms with Crippen molar-refractivity contribution in [2.24, 2.45) is 0 Å². The number of hydrogen-bond donors (Lipinski definition) is 2. The highest BCUT2D eigenvalue weighted by atomic mass is 35.5. The molecular weight excluding hydrogens is 539 g/mol. The Kier molecular flexibility index (Phi) is 8.93. The van der Waals surface area contributed by atoms with Crippen LogP contribution in [0.1, 0.15) is 12.7 Å². The molecule has 0 atom stereocenters. The Morgan fingerprint density at radius 3 is 2.42 bits per heavy atom. The molecule has 188 valence electrons. The summed E-state index contributed by atoms with van der Waals surface area (Å²) in [6, 6.07) is 14.4. The number of benzene rings is 2. The standard InChI is InChI=1S/C26H25Cl3N4O2S/c1-2-32-9-11-33(12-10-32)23-6-3-20(16-22(23)29)30-26(36)31-25(34)8-5-21-4-7-24(35-21)17-13-18(27)15-19(28)14-17/h3-8,13-16H,2,9-12H2,1H3,(H2,30,31,34,36)/b8-5+. The van der Waals surface area contributed by atoms with Gasteiger partial charge in [-0.1, -0.05) is 41.7 Å². The molecule has 2 aromatic carbocycles. The molecule has 2 N–H and O–H groups in total. The summed E-state index contributed by atoms with van der Waals surface area (Å²) in [6.07, 6.45) is 2.89. The summed E-state index contributed by atoms with van der Waals surface area (Å²) in [5.74, 6) is 0.689. The van der Waals surface area contributed by atoms with Crippen molar-refractivity contribution in [3.63, 3.8) is 0 Å². The zero-order chi connectivity index (χ0) is 25.7. The number of carbonyl (C=O) groups excluding carboxylic acids is 1. The number of nitrogens with one attached hydrogen (secondary N) is 2. The van der Waals surface area contributed by atoms with Crippen LogP contribution in [0.2, 0.25) is 15.1 Å². The summed E-state index contributed by atoms with van der Waals surface area (Å²) in [6.45, 7) is 7.14. The molecule has 0 spiro atoms. The van der Waals surface area contributed by atoms with Crippen molar-refractivity contribution in [2.75, 3.05) is 42.9 Å². The highest BCUT2D eigenvalue weighted by molar-refractivity contribution is 7.80. The molecule has 0 unspecified atom stereocenters. The van der Waals surface area contributed by atoms with Crippen molar-refractivity contribution >= 4 is 75.5 Å². The van der Waals surface area contributed by atoms with E-state index in [9.17, 15) is 4.79 Å². The summed E-state index contributed by atoms with van der Waals surface area (Å²) < 4.78 is 5.76. The van der Waals surface area contributed by atoms with Crippen molar-refractivity contribution in [1.82, 2.24) is 10.2 Å². The summed E-state index contributed by atoms with van der Waals surface area (Å²) in [5, 5.41) is 7.44. The van der Waals surface area contributed by atoms with E-state index in [1.807, 2.05) is 18.2 Å². The van der Waals surface area contributed by atoms with Crippen molar-refractivity contribution in [2.45, 2.75) is 6.92 Å². The van der Waals surface area contributed by atoms with Gasteiger partial charge in [0.1, 0.15) is 11.5 Å². The fraction of sp³-hybridized carbons (Fsp3) is 0.231. The first-order valence-corrected chi connectivity index (χ1v) is 13.0. The van der Waals surface area contributed by atoms with E-state index in [1.165, 1.54) is 6.08 Å². The summed E-state index contributed by atoms with van der Waals surface area (Å²) in [5.41, 5.74) is 2.43. The third kappa shape index (κ3) is 7.02. The number of piperazine rings is 1. The first-order chi connectivity index (χ1) is 17.3. The maximum atomic E-state index is 12.3. The number of hydrogen-bond acceptors (Lipinski definition) is 5. The number of halogens is 3. The summed E-state index contributed by atoms with van der Waals surface area (Å²) >= 11 is 23.9. The van der Waals surface area contributed by atoms with E-state index in [2.05, 4.69) is 27.4 Å². The van der Waals surface area contributed by atoms with E-state index in [0.29, 0.717) is 32.3 Å². The number of rotatable bonds is 6. The molecule has 0 aliphatic carbocycles. The number of amides is 1. The van der Waals surface area contributed by atoms with Crippen LogP contribution in [0, 0.1) is 0 Å². The quantitative estimate of drug-likeness (QED) is 0.261. The van der Waals surface area contributed by atoms with Crippen LogP contribution in [0.5, 0.6) is 0 Å². The molecule has 1 aliphatic rings. The van der Waals surface area contributed by atoms with Crippen molar-refractivity contribution in [1.29, 1.82) is 0 Å². The molecule has 6 nitrogen and oxygen atoms in total. The second-order valence-electron chi connectivity index (χ2n) is 8.22. The van der Waals surface area contributed by atoms with Gasteiger partial charge >= 0.3 is 0 Å². The minimum absolute atomic E-state index is 0.165. The molecule has 1 aliphatic heterocycles. The largest absolute Gasteiger partial charge is 0.457 e. The molecule has 1 fully saturated rings. The fourth-order valence-corrected chi connectivity index (χ4v) is 4.96. The molecule has 0 radical (unpaired) electrons. The fourth-order valence-electron chi connectivity index (χ4n) is 3.91. The molecule has 1 amide bonds. The van der Waals surface area contributed by atoms with E-state index in [1.54, 1.807) is 36.4 Å². The number of nitrogens with zero attached hydrogens (tertiary/aromatic N) is 2. The molecule has 0 saturated carbocycles. The van der Waals surface area contributed by atoms with Crippen LogP contribution in [-0.4, -0.2) is 48.6 Å². The molecule has 0 bridgehead atoms. The number of carbonyl (C=O) groups is 1. The zero-order valence-corrected chi connectivity index (χ0v) is 22.6. The topological polar surface area (TPSA) is 60.8 Å². The van der Waals surface area contributed by atoms with Crippen LogP contribution in [0.25, 0.3) is 17.4 Å². The molecule has 1 saturated heterocycles. The van der Waals surface area contributed by atoms with E-state index in [4.69, 9.17) is 51.4 Å². The molecule has 2 heterocycles. The van der Waals surface area contributed by atoms with Crippen molar-refractivity contribution < 1.29 is 9.21 Å². The Labute approximate surface area is 230 Å².